The van der Waals surface area contributed by atoms with Crippen molar-refractivity contribution in [2.75, 3.05) is 17.2 Å². The van der Waals surface area contributed by atoms with Gasteiger partial charge in [0.1, 0.15) is 5.75 Å². The predicted octanol–water partition coefficient (Wildman–Crippen LogP) is 3.24. The fraction of sp³-hybridized carbons (Fsp3) is 0.474. The molecule has 7 heteroatoms. The second-order valence-electron chi connectivity index (χ2n) is 7.12. The average Bonchev–Trinajstić information content (AvgIpc) is 3.18. The number of hydrogen-bond acceptors (Lipinski definition) is 5. The van der Waals surface area contributed by atoms with Crippen molar-refractivity contribution in [1.82, 2.24) is 4.98 Å². The molecule has 1 aromatic carbocycles. The minimum Gasteiger partial charge on any atom is -0.311 e. The molecule has 0 radical (unpaired) electrons. The van der Waals surface area contributed by atoms with Gasteiger partial charge in [-0.25, -0.2) is 13.4 Å². The summed E-state index contributed by atoms with van der Waals surface area (Å²) in [6, 6.07) is 7.65. The number of aromatic nitrogens is 1. The Labute approximate surface area is 159 Å². The molecular weight excluding hydrogens is 368 g/mol. The number of para-hydroxylation sites is 1. The first kappa shape index (κ1) is 19.0. The lowest BCUT2D eigenvalue weighted by molar-refractivity contribution is -0.116. The molecule has 0 atom stereocenters. The molecule has 1 aliphatic rings. The van der Waals surface area contributed by atoms with Crippen molar-refractivity contribution in [1.29, 1.82) is 0 Å². The first-order chi connectivity index (χ1) is 12.3. The maximum Gasteiger partial charge on any atom is 0.242 e. The van der Waals surface area contributed by atoms with E-state index in [9.17, 15) is 13.2 Å². The van der Waals surface area contributed by atoms with Crippen LogP contribution in [-0.2, 0) is 33.2 Å². The highest BCUT2D eigenvalue weighted by atomic mass is 32.2. The molecule has 2 aromatic rings. The van der Waals surface area contributed by atoms with Crippen LogP contribution in [0.2, 0.25) is 0 Å². The van der Waals surface area contributed by atoms with E-state index in [0.29, 0.717) is 18.2 Å². The second kappa shape index (κ2) is 7.88. The highest BCUT2D eigenvalue weighted by molar-refractivity contribution is 7.91. The molecule has 0 fully saturated rings. The molecule has 5 nitrogen and oxygen atoms in total. The third kappa shape index (κ3) is 4.71. The van der Waals surface area contributed by atoms with Crippen LogP contribution >= 0.6 is 11.3 Å². The first-order valence-electron chi connectivity index (χ1n) is 8.86. The van der Waals surface area contributed by atoms with Gasteiger partial charge >= 0.3 is 0 Å². The average molecular weight is 393 g/mol. The van der Waals surface area contributed by atoms with Crippen LogP contribution in [0, 0.1) is 5.92 Å². The fourth-order valence-corrected chi connectivity index (χ4v) is 5.23. The van der Waals surface area contributed by atoms with Gasteiger partial charge < -0.3 is 4.90 Å². The molecule has 0 bridgehead atoms. The van der Waals surface area contributed by atoms with Crippen molar-refractivity contribution in [2.24, 2.45) is 5.92 Å². The van der Waals surface area contributed by atoms with Crippen molar-refractivity contribution in [3.63, 3.8) is 0 Å². The summed E-state index contributed by atoms with van der Waals surface area (Å²) in [4.78, 5) is 18.5. The highest BCUT2D eigenvalue weighted by Gasteiger charge is 2.28. The molecule has 26 heavy (non-hydrogen) atoms. The van der Waals surface area contributed by atoms with Gasteiger partial charge in [-0.2, -0.15) is 0 Å². The van der Waals surface area contributed by atoms with Gasteiger partial charge in [-0.05, 0) is 36.8 Å². The highest BCUT2D eigenvalue weighted by Crippen LogP contribution is 2.27. The van der Waals surface area contributed by atoms with Gasteiger partial charge in [0.05, 0.1) is 16.5 Å². The summed E-state index contributed by atoms with van der Waals surface area (Å²) < 4.78 is 24.9. The minimum atomic E-state index is -3.54. The van der Waals surface area contributed by atoms with E-state index in [0.717, 1.165) is 35.5 Å². The zero-order valence-electron chi connectivity index (χ0n) is 15.1. The molecule has 3 rings (SSSR count). The standard InChI is InChI=1S/C19H24N2O3S2/c1-14(2)7-8-18-20-16(11-25-18)12-26(23,24)13-19(22)21-10-9-15-5-3-4-6-17(15)21/h3-6,11,14H,7-10,12-13H2,1-2H3. The molecule has 0 saturated heterocycles. The number of amides is 1. The van der Waals surface area contributed by atoms with Gasteiger partial charge in [-0.15, -0.1) is 11.3 Å². The zero-order chi connectivity index (χ0) is 18.7. The van der Waals surface area contributed by atoms with Crippen LogP contribution in [0.5, 0.6) is 0 Å². The molecule has 1 aromatic heterocycles. The number of rotatable bonds is 7. The maximum absolute atomic E-state index is 12.5. The van der Waals surface area contributed by atoms with Gasteiger partial charge in [0.15, 0.2) is 9.84 Å². The molecular formula is C19H24N2O3S2. The van der Waals surface area contributed by atoms with E-state index in [1.54, 1.807) is 10.3 Å². The molecule has 140 valence electrons. The number of sulfone groups is 1. The van der Waals surface area contributed by atoms with Gasteiger partial charge in [0.2, 0.25) is 5.91 Å². The smallest absolute Gasteiger partial charge is 0.242 e. The second-order valence-corrected chi connectivity index (χ2v) is 10.1. The number of benzene rings is 1. The topological polar surface area (TPSA) is 67.3 Å². The number of thiazole rings is 1. The Morgan fingerprint density at radius 2 is 2.08 bits per heavy atom. The minimum absolute atomic E-state index is 0.174. The summed E-state index contributed by atoms with van der Waals surface area (Å²) in [6.07, 6.45) is 2.67. The number of hydrogen-bond donors (Lipinski definition) is 0. The van der Waals surface area contributed by atoms with E-state index < -0.39 is 15.6 Å². The van der Waals surface area contributed by atoms with Gasteiger partial charge in [0.25, 0.3) is 0 Å². The van der Waals surface area contributed by atoms with Crippen LogP contribution in [0.1, 0.15) is 36.5 Å². The third-order valence-corrected chi connectivity index (χ3v) is 6.81. The van der Waals surface area contributed by atoms with Crippen LogP contribution in [0.4, 0.5) is 5.69 Å². The molecule has 0 spiro atoms. The lowest BCUT2D eigenvalue weighted by Crippen LogP contribution is -2.34. The quantitative estimate of drug-likeness (QED) is 0.725. The lowest BCUT2D eigenvalue weighted by atomic mass is 10.1. The van der Waals surface area contributed by atoms with Crippen LogP contribution in [0.15, 0.2) is 29.6 Å². The summed E-state index contributed by atoms with van der Waals surface area (Å²) >= 11 is 1.50. The number of carbonyl (C=O) groups excluding carboxylic acids is 1. The fourth-order valence-electron chi connectivity index (χ4n) is 3.08. The molecule has 0 unspecified atom stereocenters. The van der Waals surface area contributed by atoms with Gasteiger partial charge in [-0.1, -0.05) is 32.0 Å². The third-order valence-electron chi connectivity index (χ3n) is 4.43. The SMILES string of the molecule is CC(C)CCc1nc(CS(=O)(=O)CC(=O)N2CCc3ccccc32)cs1. The van der Waals surface area contributed by atoms with Crippen molar-refractivity contribution in [3.8, 4) is 0 Å². The largest absolute Gasteiger partial charge is 0.311 e. The Hall–Kier alpha value is -1.73. The molecule has 2 heterocycles. The normalized spacial score (nSPS) is 14.0. The van der Waals surface area contributed by atoms with Crippen LogP contribution in [-0.4, -0.2) is 31.6 Å². The molecule has 0 saturated carbocycles. The van der Waals surface area contributed by atoms with E-state index in [4.69, 9.17) is 0 Å². The molecule has 0 N–H and O–H groups in total. The predicted molar refractivity (Wildman–Crippen MR) is 105 cm³/mol. The Balaban J connectivity index is 1.62. The maximum atomic E-state index is 12.5. The summed E-state index contributed by atoms with van der Waals surface area (Å²) in [5.74, 6) is -0.413. The Bertz CT molecular complexity index is 888. The molecule has 1 aliphatic heterocycles. The Morgan fingerprint density at radius 3 is 2.85 bits per heavy atom. The van der Waals surface area contributed by atoms with Crippen LogP contribution in [0.3, 0.4) is 0 Å². The van der Waals surface area contributed by atoms with E-state index in [-0.39, 0.29) is 11.7 Å². The van der Waals surface area contributed by atoms with Crippen molar-refractivity contribution in [3.05, 3.63) is 45.9 Å². The number of carbonyl (C=O) groups is 1. The van der Waals surface area contributed by atoms with Crippen molar-refractivity contribution < 1.29 is 13.2 Å². The lowest BCUT2D eigenvalue weighted by Gasteiger charge is -2.17. The summed E-state index contributed by atoms with van der Waals surface area (Å²) in [5, 5.41) is 2.76. The van der Waals surface area contributed by atoms with Gasteiger partial charge in [0, 0.05) is 17.6 Å². The monoisotopic (exact) mass is 392 g/mol. The number of anilines is 1. The summed E-state index contributed by atoms with van der Waals surface area (Å²) in [5.41, 5.74) is 2.47. The van der Waals surface area contributed by atoms with Crippen LogP contribution < -0.4 is 4.90 Å². The van der Waals surface area contributed by atoms with E-state index in [2.05, 4.69) is 18.8 Å². The van der Waals surface area contributed by atoms with Gasteiger partial charge in [-0.3, -0.25) is 4.79 Å². The molecule has 1 amide bonds. The Morgan fingerprint density at radius 1 is 1.31 bits per heavy atom. The first-order valence-corrected chi connectivity index (χ1v) is 11.6. The summed E-state index contributed by atoms with van der Waals surface area (Å²) in [6.45, 7) is 4.85. The Kier molecular flexibility index (Phi) is 5.77. The van der Waals surface area contributed by atoms with E-state index in [1.807, 2.05) is 24.3 Å². The van der Waals surface area contributed by atoms with Crippen molar-refractivity contribution in [2.45, 2.75) is 38.9 Å². The number of aryl methyl sites for hydroxylation is 1. The zero-order valence-corrected chi connectivity index (χ0v) is 16.8. The van der Waals surface area contributed by atoms with E-state index >= 15 is 0 Å². The number of nitrogens with zero attached hydrogens (tertiary/aromatic N) is 2. The summed E-state index contributed by atoms with van der Waals surface area (Å²) in [7, 11) is -3.54. The molecule has 0 aliphatic carbocycles. The van der Waals surface area contributed by atoms with Crippen molar-refractivity contribution >= 4 is 32.8 Å². The van der Waals surface area contributed by atoms with E-state index in [1.165, 1.54) is 11.3 Å². The number of fused-ring (bicyclic) bond motifs is 1. The van der Waals surface area contributed by atoms with Crippen LogP contribution in [0.25, 0.3) is 0 Å².